The highest BCUT2D eigenvalue weighted by Crippen LogP contribution is 2.31. The van der Waals surface area contributed by atoms with E-state index in [4.69, 9.17) is 11.6 Å². The summed E-state index contributed by atoms with van der Waals surface area (Å²) in [6, 6.07) is 0. The quantitative estimate of drug-likeness (QED) is 0.574. The molecule has 10 heavy (non-hydrogen) atoms. The van der Waals surface area contributed by atoms with Gasteiger partial charge in [-0.3, -0.25) is 0 Å². The van der Waals surface area contributed by atoms with Crippen LogP contribution in [-0.4, -0.2) is 11.6 Å². The van der Waals surface area contributed by atoms with Gasteiger partial charge < -0.3 is 0 Å². The minimum Gasteiger partial charge on any atom is -0.220 e. The smallest absolute Gasteiger partial charge is 0.220 e. The predicted octanol–water partition coefficient (Wildman–Crippen LogP) is 3.35. The van der Waals surface area contributed by atoms with Crippen molar-refractivity contribution in [2.24, 2.45) is 0 Å². The van der Waals surface area contributed by atoms with Crippen molar-refractivity contribution < 1.29 is 13.2 Å². The predicted molar refractivity (Wildman–Crippen MR) is 35.2 cm³/mol. The average Bonchev–Trinajstić information content (AvgIpc) is 1.84. The number of hydrogen-bond donors (Lipinski definition) is 0. The van der Waals surface area contributed by atoms with Gasteiger partial charge in [-0.15, -0.1) is 0 Å². The zero-order valence-corrected chi connectivity index (χ0v) is 6.47. The molecule has 0 aliphatic rings. The Morgan fingerprint density at radius 2 is 2.00 bits per heavy atom. The Morgan fingerprint density at radius 1 is 1.50 bits per heavy atom. The summed E-state index contributed by atoms with van der Waals surface area (Å²) in [4.78, 5) is 0. The van der Waals surface area contributed by atoms with E-state index in [1.165, 1.54) is 0 Å². The van der Waals surface area contributed by atoms with E-state index in [9.17, 15) is 13.2 Å². The number of unbranched alkanes of at least 4 members (excludes halogenated alkanes) is 1. The van der Waals surface area contributed by atoms with Crippen LogP contribution in [0.4, 0.5) is 13.2 Å². The molecule has 0 saturated heterocycles. The zero-order valence-electron chi connectivity index (χ0n) is 5.71. The monoisotopic (exact) mass is 174 g/mol. The Kier molecular flexibility index (Phi) is 4.09. The maximum absolute atomic E-state index is 12.4. The lowest BCUT2D eigenvalue weighted by molar-refractivity contribution is 0.0157. The highest BCUT2D eigenvalue weighted by Gasteiger charge is 2.36. The van der Waals surface area contributed by atoms with Crippen molar-refractivity contribution in [3.05, 3.63) is 0 Å². The second-order valence-corrected chi connectivity index (χ2v) is 2.79. The van der Waals surface area contributed by atoms with E-state index < -0.39 is 11.6 Å². The van der Waals surface area contributed by atoms with Crippen molar-refractivity contribution >= 4 is 11.6 Å². The lowest BCUT2D eigenvalue weighted by Crippen LogP contribution is -2.24. The molecule has 0 rings (SSSR count). The van der Waals surface area contributed by atoms with Gasteiger partial charge >= 0.3 is 0 Å². The van der Waals surface area contributed by atoms with Crippen molar-refractivity contribution in [3.8, 4) is 0 Å². The second kappa shape index (κ2) is 4.06. The van der Waals surface area contributed by atoms with Crippen LogP contribution in [-0.2, 0) is 0 Å². The van der Waals surface area contributed by atoms with E-state index >= 15 is 0 Å². The SMILES string of the molecule is CCCCC(F)(Cl)C(F)F. The number of hydrogen-bond acceptors (Lipinski definition) is 0. The summed E-state index contributed by atoms with van der Waals surface area (Å²) in [7, 11) is 0. The lowest BCUT2D eigenvalue weighted by Gasteiger charge is -2.15. The Morgan fingerprint density at radius 3 is 2.30 bits per heavy atom. The van der Waals surface area contributed by atoms with Crippen molar-refractivity contribution in [2.75, 3.05) is 0 Å². The van der Waals surface area contributed by atoms with Crippen LogP contribution in [0.25, 0.3) is 0 Å². The van der Waals surface area contributed by atoms with Crippen molar-refractivity contribution in [2.45, 2.75) is 37.7 Å². The summed E-state index contributed by atoms with van der Waals surface area (Å²) in [5.41, 5.74) is 0. The molecule has 0 fully saturated rings. The van der Waals surface area contributed by atoms with E-state index in [2.05, 4.69) is 0 Å². The first kappa shape index (κ1) is 10.1. The van der Waals surface area contributed by atoms with Crippen LogP contribution in [0, 0.1) is 0 Å². The molecular formula is C6H10ClF3. The third kappa shape index (κ3) is 3.30. The molecule has 0 aromatic carbocycles. The molecule has 0 aromatic heterocycles. The van der Waals surface area contributed by atoms with Gasteiger partial charge in [0.2, 0.25) is 5.13 Å². The highest BCUT2D eigenvalue weighted by molar-refractivity contribution is 6.23. The van der Waals surface area contributed by atoms with Crippen LogP contribution in [0.15, 0.2) is 0 Å². The third-order valence-electron chi connectivity index (χ3n) is 1.18. The standard InChI is InChI=1S/C6H10ClF3/c1-2-3-4-6(7,10)5(8)9/h5H,2-4H2,1H3. The topological polar surface area (TPSA) is 0 Å². The third-order valence-corrected chi connectivity index (χ3v) is 1.54. The molecule has 0 saturated carbocycles. The van der Waals surface area contributed by atoms with Gasteiger partial charge in [-0.1, -0.05) is 24.9 Å². The first-order chi connectivity index (χ1) is 4.50. The fourth-order valence-corrected chi connectivity index (χ4v) is 0.655. The maximum Gasteiger partial charge on any atom is 0.285 e. The molecule has 0 amide bonds. The van der Waals surface area contributed by atoms with Crippen LogP contribution in [0.1, 0.15) is 26.2 Å². The molecule has 0 aliphatic heterocycles. The Hall–Kier alpha value is 0.0800. The van der Waals surface area contributed by atoms with E-state index in [0.29, 0.717) is 12.8 Å². The van der Waals surface area contributed by atoms with Crippen molar-refractivity contribution in [1.29, 1.82) is 0 Å². The maximum atomic E-state index is 12.4. The van der Waals surface area contributed by atoms with Gasteiger partial charge in [0.25, 0.3) is 6.43 Å². The Labute approximate surface area is 63.4 Å². The van der Waals surface area contributed by atoms with Crippen molar-refractivity contribution in [3.63, 3.8) is 0 Å². The van der Waals surface area contributed by atoms with Crippen LogP contribution in [0.5, 0.6) is 0 Å². The summed E-state index contributed by atoms with van der Waals surface area (Å²) in [6.45, 7) is 1.79. The first-order valence-corrected chi connectivity index (χ1v) is 3.54. The zero-order chi connectivity index (χ0) is 8.20. The van der Waals surface area contributed by atoms with E-state index in [0.717, 1.165) is 0 Å². The largest absolute Gasteiger partial charge is 0.285 e. The van der Waals surface area contributed by atoms with Gasteiger partial charge in [-0.05, 0) is 6.42 Å². The van der Waals surface area contributed by atoms with Gasteiger partial charge in [0, 0.05) is 6.42 Å². The Bertz CT molecular complexity index is 93.0. The highest BCUT2D eigenvalue weighted by atomic mass is 35.5. The van der Waals surface area contributed by atoms with Gasteiger partial charge in [0.05, 0.1) is 0 Å². The summed E-state index contributed by atoms with van der Waals surface area (Å²) in [5.74, 6) is 0. The van der Waals surface area contributed by atoms with E-state index in [1.54, 1.807) is 6.92 Å². The molecule has 0 aromatic rings. The summed E-state index contributed by atoms with van der Waals surface area (Å²) in [6.07, 6.45) is -2.29. The van der Waals surface area contributed by atoms with Crippen LogP contribution >= 0.6 is 11.6 Å². The van der Waals surface area contributed by atoms with E-state index in [1.807, 2.05) is 0 Å². The van der Waals surface area contributed by atoms with Crippen molar-refractivity contribution in [1.82, 2.24) is 0 Å². The minimum atomic E-state index is -3.08. The Balaban J connectivity index is 3.63. The van der Waals surface area contributed by atoms with Gasteiger partial charge in [0.15, 0.2) is 0 Å². The number of halogens is 4. The van der Waals surface area contributed by atoms with Gasteiger partial charge in [-0.2, -0.15) is 0 Å². The first-order valence-electron chi connectivity index (χ1n) is 3.16. The summed E-state index contributed by atoms with van der Waals surface area (Å²) < 4.78 is 35.7. The molecule has 0 N–H and O–H groups in total. The van der Waals surface area contributed by atoms with Gasteiger partial charge in [-0.25, -0.2) is 13.2 Å². The normalized spacial score (nSPS) is 17.4. The van der Waals surface area contributed by atoms with E-state index in [-0.39, 0.29) is 6.42 Å². The molecule has 0 nitrogen and oxygen atoms in total. The molecule has 4 heteroatoms. The second-order valence-electron chi connectivity index (χ2n) is 2.17. The fraction of sp³-hybridized carbons (Fsp3) is 1.00. The summed E-state index contributed by atoms with van der Waals surface area (Å²) >= 11 is 4.83. The van der Waals surface area contributed by atoms with Gasteiger partial charge in [0.1, 0.15) is 0 Å². The number of rotatable bonds is 4. The molecule has 1 unspecified atom stereocenters. The average molecular weight is 175 g/mol. The fourth-order valence-electron chi connectivity index (χ4n) is 0.522. The molecule has 0 heterocycles. The molecule has 1 atom stereocenters. The van der Waals surface area contributed by atoms with Crippen LogP contribution in [0.2, 0.25) is 0 Å². The summed E-state index contributed by atoms with van der Waals surface area (Å²) in [5, 5.41) is -2.81. The molecule has 62 valence electrons. The van der Waals surface area contributed by atoms with Crippen LogP contribution in [0.3, 0.4) is 0 Å². The lowest BCUT2D eigenvalue weighted by atomic mass is 10.2. The molecule has 0 aliphatic carbocycles. The molecule has 0 radical (unpaired) electrons. The molecule has 0 bridgehead atoms. The minimum absolute atomic E-state index is 0.275. The molecular weight excluding hydrogens is 165 g/mol. The molecule has 0 spiro atoms. The number of alkyl halides is 4. The van der Waals surface area contributed by atoms with Crippen LogP contribution < -0.4 is 0 Å².